The van der Waals surface area contributed by atoms with Crippen LogP contribution in [-0.2, 0) is 17.1 Å². The molecule has 0 atom stereocenters. The normalized spacial score (nSPS) is 0. The summed E-state index contributed by atoms with van der Waals surface area (Å²) in [6.07, 6.45) is 0. The standard InChI is InChI=1S/Fe.4H2O/h;4*1H2. The molecule has 0 amide bonds. The topological polar surface area (TPSA) is 126 Å². The first-order valence-corrected chi connectivity index (χ1v) is 0. The first-order valence-electron chi connectivity index (χ1n) is 0. The van der Waals surface area contributed by atoms with Crippen LogP contribution < -0.4 is 0 Å². The van der Waals surface area contributed by atoms with E-state index in [1.165, 1.54) is 0 Å². The molecule has 8 N–H and O–H groups in total. The molecule has 0 saturated carbocycles. The zero-order chi connectivity index (χ0) is 0. The number of hydrogen-bond donors (Lipinski definition) is 0. The predicted molar refractivity (Wildman–Crippen MR) is 14.5 cm³/mol. The van der Waals surface area contributed by atoms with Gasteiger partial charge in [-0.2, -0.15) is 0 Å². The van der Waals surface area contributed by atoms with Crippen molar-refractivity contribution < 1.29 is 39.0 Å². The van der Waals surface area contributed by atoms with Crippen LogP contribution >= 0.6 is 0 Å². The van der Waals surface area contributed by atoms with Gasteiger partial charge >= 0.3 is 0 Å². The molecule has 0 aliphatic carbocycles. The average Bonchev–Trinajstić information content (AvgIpc) is 0. The van der Waals surface area contributed by atoms with Crippen LogP contribution in [0.25, 0.3) is 0 Å². The van der Waals surface area contributed by atoms with Crippen LogP contribution in [-0.4, -0.2) is 21.9 Å². The zero-order valence-corrected chi connectivity index (χ0v) is 3.46. The quantitative estimate of drug-likeness (QED) is 0.303. The van der Waals surface area contributed by atoms with Crippen molar-refractivity contribution in [2.75, 3.05) is 0 Å². The number of rotatable bonds is 0. The Kier molecular flexibility index (Phi) is 60000. The molecule has 0 aliphatic rings. The fraction of sp³-hybridized carbons (Fsp3) is 0. The van der Waals surface area contributed by atoms with Crippen molar-refractivity contribution in [3.8, 4) is 0 Å². The van der Waals surface area contributed by atoms with Crippen molar-refractivity contribution in [3.63, 3.8) is 0 Å². The number of hydrogen-bond acceptors (Lipinski definition) is 0. The van der Waals surface area contributed by atoms with E-state index in [2.05, 4.69) is 0 Å². The Labute approximate surface area is 39.9 Å². The van der Waals surface area contributed by atoms with Crippen LogP contribution in [0.3, 0.4) is 0 Å². The van der Waals surface area contributed by atoms with Crippen molar-refractivity contribution in [2.24, 2.45) is 0 Å². The Morgan fingerprint density at radius 3 is 0.400 bits per heavy atom. The van der Waals surface area contributed by atoms with Crippen LogP contribution in [0.15, 0.2) is 0 Å². The van der Waals surface area contributed by atoms with Gasteiger partial charge < -0.3 is 21.9 Å². The maximum Gasteiger partial charge on any atom is 0 e. The second-order valence-corrected chi connectivity index (χ2v) is 0. The summed E-state index contributed by atoms with van der Waals surface area (Å²) < 4.78 is 0. The molecule has 4 nitrogen and oxygen atoms in total. The molecule has 0 bridgehead atoms. The smallest absolute Gasteiger partial charge is 0 e. The minimum Gasteiger partial charge on any atom is -0.412 e. The van der Waals surface area contributed by atoms with Gasteiger partial charge in [-0.15, -0.1) is 0 Å². The van der Waals surface area contributed by atoms with Gasteiger partial charge in [-0.3, -0.25) is 0 Å². The monoisotopic (exact) mass is 128 g/mol. The second-order valence-electron chi connectivity index (χ2n) is 0. The van der Waals surface area contributed by atoms with Crippen LogP contribution in [0, 0.1) is 0 Å². The third-order valence-corrected chi connectivity index (χ3v) is 0. The summed E-state index contributed by atoms with van der Waals surface area (Å²) >= 11 is 0. The second kappa shape index (κ2) is 381. The third-order valence-electron chi connectivity index (χ3n) is 0. The molecule has 5 heteroatoms. The first-order chi connectivity index (χ1) is 0. The summed E-state index contributed by atoms with van der Waals surface area (Å²) in [5.74, 6) is 0. The SMILES string of the molecule is O.O.O.O.[Fe]. The molecular weight excluding hydrogens is 120 g/mol. The third kappa shape index (κ3) is 188. The fourth-order valence-corrected chi connectivity index (χ4v) is 0. The van der Waals surface area contributed by atoms with E-state index in [4.69, 9.17) is 0 Å². The fourth-order valence-electron chi connectivity index (χ4n) is 0. The molecule has 0 fully saturated rings. The Balaban J connectivity index is 0. The summed E-state index contributed by atoms with van der Waals surface area (Å²) in [6.45, 7) is 0. The maximum atomic E-state index is 0. The molecule has 0 unspecified atom stereocenters. The molecule has 0 radical (unpaired) electrons. The van der Waals surface area contributed by atoms with Gasteiger partial charge in [-0.1, -0.05) is 0 Å². The van der Waals surface area contributed by atoms with Crippen molar-refractivity contribution in [3.05, 3.63) is 0 Å². The van der Waals surface area contributed by atoms with E-state index in [-0.39, 0.29) is 39.0 Å². The van der Waals surface area contributed by atoms with Gasteiger partial charge in [0.15, 0.2) is 0 Å². The van der Waals surface area contributed by atoms with Crippen LogP contribution in [0.2, 0.25) is 0 Å². The van der Waals surface area contributed by atoms with Gasteiger partial charge in [0, 0.05) is 17.1 Å². The Bertz CT molecular complexity index is 3.61. The molecule has 0 aromatic carbocycles. The van der Waals surface area contributed by atoms with Crippen LogP contribution in [0.4, 0.5) is 0 Å². The Morgan fingerprint density at radius 2 is 0.400 bits per heavy atom. The van der Waals surface area contributed by atoms with E-state index in [0.29, 0.717) is 0 Å². The summed E-state index contributed by atoms with van der Waals surface area (Å²) in [4.78, 5) is 0. The molecule has 0 aromatic rings. The van der Waals surface area contributed by atoms with Crippen molar-refractivity contribution in [2.45, 2.75) is 0 Å². The van der Waals surface area contributed by atoms with Crippen molar-refractivity contribution >= 4 is 0 Å². The molecule has 40 valence electrons. The first kappa shape index (κ1) is 788. The summed E-state index contributed by atoms with van der Waals surface area (Å²) in [5, 5.41) is 0. The van der Waals surface area contributed by atoms with E-state index < -0.39 is 0 Å². The van der Waals surface area contributed by atoms with Crippen molar-refractivity contribution in [1.82, 2.24) is 0 Å². The van der Waals surface area contributed by atoms with Crippen LogP contribution in [0.1, 0.15) is 0 Å². The minimum atomic E-state index is 0. The van der Waals surface area contributed by atoms with E-state index in [9.17, 15) is 0 Å². The van der Waals surface area contributed by atoms with Gasteiger partial charge in [0.25, 0.3) is 0 Å². The molecule has 0 saturated heterocycles. The Morgan fingerprint density at radius 1 is 0.400 bits per heavy atom. The minimum absolute atomic E-state index is 0. The summed E-state index contributed by atoms with van der Waals surface area (Å²) in [6, 6.07) is 0. The van der Waals surface area contributed by atoms with Crippen LogP contribution in [0.5, 0.6) is 0 Å². The Hall–Kier alpha value is 0.359. The molecule has 0 aromatic heterocycles. The van der Waals surface area contributed by atoms with E-state index in [1.807, 2.05) is 0 Å². The van der Waals surface area contributed by atoms with Gasteiger partial charge in [-0.25, -0.2) is 0 Å². The molecule has 0 spiro atoms. The average molecular weight is 128 g/mol. The van der Waals surface area contributed by atoms with E-state index >= 15 is 0 Å². The van der Waals surface area contributed by atoms with Gasteiger partial charge in [0.2, 0.25) is 0 Å². The largest absolute Gasteiger partial charge is 0.412 e. The summed E-state index contributed by atoms with van der Waals surface area (Å²) in [5.41, 5.74) is 0. The zero-order valence-electron chi connectivity index (χ0n) is 2.35. The maximum absolute atomic E-state index is 0. The molecule has 5 heavy (non-hydrogen) atoms. The summed E-state index contributed by atoms with van der Waals surface area (Å²) in [7, 11) is 0. The van der Waals surface area contributed by atoms with E-state index in [1.54, 1.807) is 0 Å². The predicted octanol–water partition coefficient (Wildman–Crippen LogP) is -3.30. The molecule has 0 rings (SSSR count). The van der Waals surface area contributed by atoms with E-state index in [0.717, 1.165) is 0 Å². The molecule has 0 aliphatic heterocycles. The van der Waals surface area contributed by atoms with Gasteiger partial charge in [-0.05, 0) is 0 Å². The van der Waals surface area contributed by atoms with Gasteiger partial charge in [0.05, 0.1) is 0 Å². The molecule has 0 heterocycles. The van der Waals surface area contributed by atoms with Crippen molar-refractivity contribution in [1.29, 1.82) is 0 Å². The van der Waals surface area contributed by atoms with Gasteiger partial charge in [0.1, 0.15) is 0 Å². The molecular formula is H8FeO4.